The predicted octanol–water partition coefficient (Wildman–Crippen LogP) is 1.43. The third-order valence-corrected chi connectivity index (χ3v) is 3.56. The fourth-order valence-electron chi connectivity index (χ4n) is 2.63. The Hall–Kier alpha value is -2.15. The number of para-hydroxylation sites is 1. The second-order valence-electron chi connectivity index (χ2n) is 5.04. The maximum atomic E-state index is 11.4. The Morgan fingerprint density at radius 1 is 1.45 bits per heavy atom. The van der Waals surface area contributed by atoms with Crippen molar-refractivity contribution >= 4 is 17.3 Å². The molecular formula is C13H17N3O4. The van der Waals surface area contributed by atoms with E-state index >= 15 is 0 Å². The van der Waals surface area contributed by atoms with Gasteiger partial charge in [-0.3, -0.25) is 10.1 Å². The van der Waals surface area contributed by atoms with Gasteiger partial charge in [0.1, 0.15) is 5.69 Å². The Morgan fingerprint density at radius 3 is 2.70 bits per heavy atom. The molecule has 1 aromatic carbocycles. The van der Waals surface area contributed by atoms with E-state index in [2.05, 4.69) is 4.90 Å². The van der Waals surface area contributed by atoms with Gasteiger partial charge in [0.25, 0.3) is 5.69 Å². The Balaban J connectivity index is 2.53. The second-order valence-corrected chi connectivity index (χ2v) is 5.04. The lowest BCUT2D eigenvalue weighted by molar-refractivity contribution is -0.384. The van der Waals surface area contributed by atoms with Crippen molar-refractivity contribution in [1.29, 1.82) is 0 Å². The zero-order chi connectivity index (χ0) is 14.9. The van der Waals surface area contributed by atoms with Gasteiger partial charge in [0.2, 0.25) is 0 Å². The van der Waals surface area contributed by atoms with E-state index in [-0.39, 0.29) is 23.0 Å². The number of aromatic carboxylic acids is 1. The maximum absolute atomic E-state index is 11.4. The molecule has 0 saturated carbocycles. The van der Waals surface area contributed by atoms with Crippen molar-refractivity contribution in [3.05, 3.63) is 33.9 Å². The van der Waals surface area contributed by atoms with Crippen LogP contribution in [0.15, 0.2) is 18.2 Å². The van der Waals surface area contributed by atoms with Crippen molar-refractivity contribution in [1.82, 2.24) is 4.90 Å². The topological polar surface area (TPSA) is 86.9 Å². The first-order valence-corrected chi connectivity index (χ1v) is 6.37. The lowest BCUT2D eigenvalue weighted by Crippen LogP contribution is -2.51. The molecule has 1 saturated heterocycles. The highest BCUT2D eigenvalue weighted by Gasteiger charge is 2.31. The molecule has 0 aliphatic carbocycles. The van der Waals surface area contributed by atoms with Gasteiger partial charge < -0.3 is 14.9 Å². The first kappa shape index (κ1) is 14.3. The normalized spacial score (nSPS) is 19.9. The summed E-state index contributed by atoms with van der Waals surface area (Å²) in [5.41, 5.74) is 0.0440. The van der Waals surface area contributed by atoms with Gasteiger partial charge in [0.05, 0.1) is 10.5 Å². The van der Waals surface area contributed by atoms with Crippen LogP contribution in [0.5, 0.6) is 0 Å². The van der Waals surface area contributed by atoms with E-state index < -0.39 is 10.9 Å². The predicted molar refractivity (Wildman–Crippen MR) is 74.4 cm³/mol. The molecule has 0 spiro atoms. The zero-order valence-electron chi connectivity index (χ0n) is 11.4. The molecule has 108 valence electrons. The highest BCUT2D eigenvalue weighted by molar-refractivity contribution is 5.97. The van der Waals surface area contributed by atoms with Crippen molar-refractivity contribution < 1.29 is 14.8 Å². The number of carboxylic acid groups (broad SMARTS) is 1. The molecule has 20 heavy (non-hydrogen) atoms. The number of benzene rings is 1. The van der Waals surface area contributed by atoms with Crippen LogP contribution < -0.4 is 4.90 Å². The third-order valence-electron chi connectivity index (χ3n) is 3.56. The van der Waals surface area contributed by atoms with E-state index in [1.807, 2.05) is 18.9 Å². The summed E-state index contributed by atoms with van der Waals surface area (Å²) in [5, 5.41) is 20.5. The fourth-order valence-corrected chi connectivity index (χ4v) is 2.63. The SMILES string of the molecule is CC1CN(C)CCN1c1c(C(=O)O)cccc1[N+](=O)[O-]. The van der Waals surface area contributed by atoms with Gasteiger partial charge >= 0.3 is 5.97 Å². The van der Waals surface area contributed by atoms with E-state index in [1.165, 1.54) is 18.2 Å². The van der Waals surface area contributed by atoms with E-state index in [0.717, 1.165) is 13.1 Å². The minimum atomic E-state index is -1.14. The molecule has 1 N–H and O–H groups in total. The molecule has 0 bridgehead atoms. The van der Waals surface area contributed by atoms with Crippen LogP contribution in [-0.4, -0.2) is 53.6 Å². The molecule has 7 nitrogen and oxygen atoms in total. The summed E-state index contributed by atoms with van der Waals surface area (Å²) in [5.74, 6) is -1.14. The maximum Gasteiger partial charge on any atom is 0.338 e. The lowest BCUT2D eigenvalue weighted by Gasteiger charge is -2.39. The van der Waals surface area contributed by atoms with Crippen LogP contribution in [0.25, 0.3) is 0 Å². The van der Waals surface area contributed by atoms with Crippen LogP contribution in [0, 0.1) is 10.1 Å². The van der Waals surface area contributed by atoms with Crippen molar-refractivity contribution in [2.45, 2.75) is 13.0 Å². The monoisotopic (exact) mass is 279 g/mol. The van der Waals surface area contributed by atoms with Gasteiger partial charge in [-0.15, -0.1) is 0 Å². The molecule has 0 radical (unpaired) electrons. The van der Waals surface area contributed by atoms with Gasteiger partial charge in [-0.05, 0) is 20.0 Å². The number of nitrogens with zero attached hydrogens (tertiary/aromatic N) is 3. The van der Waals surface area contributed by atoms with Crippen molar-refractivity contribution in [2.24, 2.45) is 0 Å². The molecular weight excluding hydrogens is 262 g/mol. The van der Waals surface area contributed by atoms with E-state index in [0.29, 0.717) is 6.54 Å². The van der Waals surface area contributed by atoms with Crippen LogP contribution in [-0.2, 0) is 0 Å². The summed E-state index contributed by atoms with van der Waals surface area (Å²) in [4.78, 5) is 26.0. The van der Waals surface area contributed by atoms with Gasteiger partial charge in [-0.2, -0.15) is 0 Å². The molecule has 1 aromatic rings. The van der Waals surface area contributed by atoms with E-state index in [1.54, 1.807) is 0 Å². The molecule has 1 unspecified atom stereocenters. The Bertz CT molecular complexity index is 514. The second kappa shape index (κ2) is 5.46. The number of rotatable bonds is 3. The number of anilines is 1. The van der Waals surface area contributed by atoms with Crippen molar-refractivity contribution in [3.8, 4) is 0 Å². The Morgan fingerprint density at radius 2 is 2.15 bits per heavy atom. The minimum Gasteiger partial charge on any atom is -0.478 e. The fraction of sp³-hybridized carbons (Fsp3) is 0.462. The first-order chi connectivity index (χ1) is 9.41. The molecule has 2 rings (SSSR count). The summed E-state index contributed by atoms with van der Waals surface area (Å²) in [6, 6.07) is 4.20. The van der Waals surface area contributed by atoms with Gasteiger partial charge in [-0.1, -0.05) is 6.07 Å². The molecule has 1 aliphatic rings. The molecule has 1 atom stereocenters. The Kier molecular flexibility index (Phi) is 3.89. The van der Waals surface area contributed by atoms with Crippen LogP contribution in [0.1, 0.15) is 17.3 Å². The summed E-state index contributed by atoms with van der Waals surface area (Å²) >= 11 is 0. The minimum absolute atomic E-state index is 0.0180. The Labute approximate surface area is 116 Å². The van der Waals surface area contributed by atoms with Crippen LogP contribution in [0.4, 0.5) is 11.4 Å². The van der Waals surface area contributed by atoms with Crippen LogP contribution in [0.2, 0.25) is 0 Å². The average molecular weight is 279 g/mol. The summed E-state index contributed by atoms with van der Waals surface area (Å²) in [6.07, 6.45) is 0. The van der Waals surface area contributed by atoms with Gasteiger partial charge in [0, 0.05) is 31.7 Å². The largest absolute Gasteiger partial charge is 0.478 e. The highest BCUT2D eigenvalue weighted by atomic mass is 16.6. The van der Waals surface area contributed by atoms with E-state index in [9.17, 15) is 20.0 Å². The van der Waals surface area contributed by atoms with Crippen LogP contribution in [0.3, 0.4) is 0 Å². The summed E-state index contributed by atoms with van der Waals surface area (Å²) in [6.45, 7) is 4.00. The highest BCUT2D eigenvalue weighted by Crippen LogP contribution is 2.34. The quantitative estimate of drug-likeness (QED) is 0.665. The number of likely N-dealkylation sites (N-methyl/N-ethyl adjacent to an activating group) is 1. The van der Waals surface area contributed by atoms with Crippen LogP contribution >= 0.6 is 0 Å². The number of nitro groups is 1. The number of piperazine rings is 1. The standard InChI is InChI=1S/C13H17N3O4/c1-9-8-14(2)6-7-15(9)12-10(13(17)18)4-3-5-11(12)16(19)20/h3-5,9H,6-8H2,1-2H3,(H,17,18). The number of hydrogen-bond acceptors (Lipinski definition) is 5. The molecule has 0 amide bonds. The zero-order valence-corrected chi connectivity index (χ0v) is 11.4. The number of nitro benzene ring substituents is 1. The molecule has 1 heterocycles. The summed E-state index contributed by atoms with van der Waals surface area (Å²) < 4.78 is 0. The molecule has 7 heteroatoms. The summed E-state index contributed by atoms with van der Waals surface area (Å²) in [7, 11) is 1.98. The van der Waals surface area contributed by atoms with Crippen molar-refractivity contribution in [2.75, 3.05) is 31.6 Å². The third kappa shape index (κ3) is 2.57. The van der Waals surface area contributed by atoms with Crippen molar-refractivity contribution in [3.63, 3.8) is 0 Å². The van der Waals surface area contributed by atoms with Gasteiger partial charge in [-0.25, -0.2) is 4.79 Å². The first-order valence-electron chi connectivity index (χ1n) is 6.37. The number of hydrogen-bond donors (Lipinski definition) is 1. The smallest absolute Gasteiger partial charge is 0.338 e. The molecule has 1 aliphatic heterocycles. The van der Waals surface area contributed by atoms with Gasteiger partial charge in [0.15, 0.2) is 0 Å². The van der Waals surface area contributed by atoms with E-state index in [4.69, 9.17) is 0 Å². The molecule has 1 fully saturated rings. The molecule has 0 aromatic heterocycles. The number of carboxylic acids is 1. The lowest BCUT2D eigenvalue weighted by atomic mass is 10.1. The number of carbonyl (C=O) groups is 1. The average Bonchev–Trinajstić information content (AvgIpc) is 2.37.